The van der Waals surface area contributed by atoms with Crippen molar-refractivity contribution < 1.29 is 32.6 Å². The number of nitrogens with one attached hydrogen (secondary N) is 1. The predicted molar refractivity (Wildman–Crippen MR) is 180 cm³/mol. The van der Waals surface area contributed by atoms with E-state index in [4.69, 9.17) is 20.1 Å². The number of amides is 1. The molecular formula is C37H40F2N4O5. The number of benzene rings is 4. The van der Waals surface area contributed by atoms with Gasteiger partial charge in [-0.2, -0.15) is 0 Å². The largest absolute Gasteiger partial charge is 0.487 e. The maximum absolute atomic E-state index is 13.6. The van der Waals surface area contributed by atoms with Crippen LogP contribution in [-0.4, -0.2) is 57.4 Å². The predicted octanol–water partition coefficient (Wildman–Crippen LogP) is 6.14. The first-order valence-electron chi connectivity index (χ1n) is 16.0. The summed E-state index contributed by atoms with van der Waals surface area (Å²) in [6.07, 6.45) is 3.33. The van der Waals surface area contributed by atoms with Crippen LogP contribution in [0.25, 0.3) is 0 Å². The normalized spacial score (nSPS) is 15.2. The SMILES string of the molecule is COC(=O)c1ccc(N2CCC(Oc3ccccc3F)CC2)cc1.NNC(=O)c1ccc(N2CCC(Oc3ccccc3F)CC2)cc1. The molecule has 252 valence electrons. The van der Waals surface area contributed by atoms with Gasteiger partial charge >= 0.3 is 5.97 Å². The maximum Gasteiger partial charge on any atom is 0.337 e. The van der Waals surface area contributed by atoms with Crippen LogP contribution in [0.3, 0.4) is 0 Å². The molecule has 3 N–H and O–H groups in total. The fourth-order valence-electron chi connectivity index (χ4n) is 5.74. The van der Waals surface area contributed by atoms with Crippen LogP contribution in [0.2, 0.25) is 0 Å². The topological polar surface area (TPSA) is 106 Å². The Morgan fingerprint density at radius 3 is 1.42 bits per heavy atom. The van der Waals surface area contributed by atoms with Crippen molar-refractivity contribution in [2.24, 2.45) is 5.84 Å². The zero-order valence-electron chi connectivity index (χ0n) is 26.8. The zero-order valence-corrected chi connectivity index (χ0v) is 26.8. The molecule has 0 aromatic heterocycles. The molecule has 2 heterocycles. The third-order valence-electron chi connectivity index (χ3n) is 8.42. The van der Waals surface area contributed by atoms with Gasteiger partial charge in [0.05, 0.1) is 12.7 Å². The summed E-state index contributed by atoms with van der Waals surface area (Å²) >= 11 is 0. The van der Waals surface area contributed by atoms with Crippen LogP contribution in [0.15, 0.2) is 97.1 Å². The Labute approximate surface area is 279 Å². The van der Waals surface area contributed by atoms with Crippen molar-refractivity contribution >= 4 is 23.3 Å². The summed E-state index contributed by atoms with van der Waals surface area (Å²) in [7, 11) is 1.37. The molecule has 4 aromatic carbocycles. The molecular weight excluding hydrogens is 618 g/mol. The molecule has 11 heteroatoms. The number of rotatable bonds is 8. The average molecular weight is 659 g/mol. The van der Waals surface area contributed by atoms with Crippen molar-refractivity contribution in [2.45, 2.75) is 37.9 Å². The highest BCUT2D eigenvalue weighted by molar-refractivity contribution is 5.94. The zero-order chi connectivity index (χ0) is 33.9. The van der Waals surface area contributed by atoms with Crippen LogP contribution < -0.4 is 30.5 Å². The highest BCUT2D eigenvalue weighted by atomic mass is 19.1. The number of hydrogen-bond acceptors (Lipinski definition) is 8. The lowest BCUT2D eigenvalue weighted by Gasteiger charge is -2.33. The first kappa shape index (κ1) is 34.2. The Morgan fingerprint density at radius 1 is 0.646 bits per heavy atom. The molecule has 0 saturated carbocycles. The van der Waals surface area contributed by atoms with Gasteiger partial charge in [-0.15, -0.1) is 0 Å². The standard InChI is InChI=1S/C19H20FNO3.C18H20FN3O2/c1-23-19(22)14-6-8-15(9-7-14)21-12-10-16(11-13-21)24-18-5-3-2-4-17(18)20;19-16-3-1-2-4-17(16)24-15-9-11-22(12-10-15)14-7-5-13(6-8-14)18(23)21-20/h2-9,16H,10-13H2,1H3;1-8,15H,9-12,20H2,(H,21,23). The van der Waals surface area contributed by atoms with Gasteiger partial charge in [-0.1, -0.05) is 24.3 Å². The monoisotopic (exact) mass is 658 g/mol. The van der Waals surface area contributed by atoms with Gasteiger partial charge < -0.3 is 24.0 Å². The lowest BCUT2D eigenvalue weighted by Crippen LogP contribution is -2.38. The van der Waals surface area contributed by atoms with Crippen LogP contribution in [0.4, 0.5) is 20.2 Å². The average Bonchev–Trinajstić information content (AvgIpc) is 3.14. The Kier molecular flexibility index (Phi) is 11.8. The minimum atomic E-state index is -0.335. The second kappa shape index (κ2) is 16.6. The maximum atomic E-state index is 13.6. The van der Waals surface area contributed by atoms with E-state index in [0.29, 0.717) is 22.6 Å². The number of para-hydroxylation sites is 2. The van der Waals surface area contributed by atoms with Crippen molar-refractivity contribution in [2.75, 3.05) is 43.1 Å². The molecule has 0 bridgehead atoms. The lowest BCUT2D eigenvalue weighted by atomic mass is 10.1. The third-order valence-corrected chi connectivity index (χ3v) is 8.42. The number of nitrogen functional groups attached to an aromatic ring is 1. The van der Waals surface area contributed by atoms with E-state index in [9.17, 15) is 18.4 Å². The summed E-state index contributed by atoms with van der Waals surface area (Å²) in [5, 5.41) is 0. The molecule has 1 amide bonds. The van der Waals surface area contributed by atoms with Gasteiger partial charge in [0, 0.05) is 68.8 Å². The minimum Gasteiger partial charge on any atom is -0.487 e. The summed E-state index contributed by atoms with van der Waals surface area (Å²) in [4.78, 5) is 27.4. The number of hydrazine groups is 1. The molecule has 2 fully saturated rings. The van der Waals surface area contributed by atoms with E-state index >= 15 is 0 Å². The number of carbonyl (C=O) groups is 2. The molecule has 0 aliphatic carbocycles. The molecule has 2 aliphatic heterocycles. The minimum absolute atomic E-state index is 0.0143. The number of methoxy groups -OCH3 is 1. The molecule has 2 saturated heterocycles. The van der Waals surface area contributed by atoms with Crippen molar-refractivity contribution in [1.29, 1.82) is 0 Å². The molecule has 4 aromatic rings. The van der Waals surface area contributed by atoms with Crippen LogP contribution >= 0.6 is 0 Å². The van der Waals surface area contributed by atoms with E-state index < -0.39 is 0 Å². The first-order valence-corrected chi connectivity index (χ1v) is 16.0. The number of ether oxygens (including phenoxy) is 3. The van der Waals surface area contributed by atoms with Crippen LogP contribution in [0, 0.1) is 11.6 Å². The molecule has 2 aliphatic rings. The summed E-state index contributed by atoms with van der Waals surface area (Å²) in [6.45, 7) is 3.30. The Morgan fingerprint density at radius 2 is 1.04 bits per heavy atom. The highest BCUT2D eigenvalue weighted by Crippen LogP contribution is 2.26. The number of carbonyl (C=O) groups excluding carboxylic acids is 2. The van der Waals surface area contributed by atoms with Crippen molar-refractivity contribution in [3.05, 3.63) is 120 Å². The highest BCUT2D eigenvalue weighted by Gasteiger charge is 2.23. The number of nitrogens with two attached hydrogens (primary N) is 1. The number of anilines is 2. The van der Waals surface area contributed by atoms with Crippen molar-refractivity contribution in [1.82, 2.24) is 5.43 Å². The van der Waals surface area contributed by atoms with Crippen molar-refractivity contribution in [3.63, 3.8) is 0 Å². The molecule has 48 heavy (non-hydrogen) atoms. The Bertz CT molecular complexity index is 1520. The van der Waals surface area contributed by atoms with E-state index in [1.807, 2.05) is 24.3 Å². The van der Waals surface area contributed by atoms with E-state index in [1.54, 1.807) is 60.7 Å². The summed E-state index contributed by atoms with van der Waals surface area (Å²) in [5.74, 6) is 4.47. The van der Waals surface area contributed by atoms with Gasteiger partial charge in [0.25, 0.3) is 5.91 Å². The fourth-order valence-corrected chi connectivity index (χ4v) is 5.74. The van der Waals surface area contributed by atoms with Crippen LogP contribution in [0.1, 0.15) is 46.4 Å². The number of halogens is 2. The summed E-state index contributed by atoms with van der Waals surface area (Å²) in [6, 6.07) is 27.7. The second-order valence-corrected chi connectivity index (χ2v) is 11.5. The van der Waals surface area contributed by atoms with Gasteiger partial charge in [-0.3, -0.25) is 10.2 Å². The molecule has 0 unspecified atom stereocenters. The van der Waals surface area contributed by atoms with Crippen LogP contribution in [0.5, 0.6) is 11.5 Å². The summed E-state index contributed by atoms with van der Waals surface area (Å²) < 4.78 is 43.5. The van der Waals surface area contributed by atoms with E-state index in [2.05, 4.69) is 15.2 Å². The van der Waals surface area contributed by atoms with Gasteiger partial charge in [0.15, 0.2) is 23.1 Å². The molecule has 0 spiro atoms. The van der Waals surface area contributed by atoms with Gasteiger partial charge in [0.1, 0.15) is 12.2 Å². The van der Waals surface area contributed by atoms with E-state index in [0.717, 1.165) is 63.2 Å². The lowest BCUT2D eigenvalue weighted by molar-refractivity contribution is 0.0600. The molecule has 0 atom stereocenters. The van der Waals surface area contributed by atoms with Gasteiger partial charge in [-0.05, 0) is 72.8 Å². The van der Waals surface area contributed by atoms with Gasteiger partial charge in [-0.25, -0.2) is 19.4 Å². The Balaban J connectivity index is 0.000000188. The van der Waals surface area contributed by atoms with E-state index in [1.165, 1.54) is 19.2 Å². The summed E-state index contributed by atoms with van der Waals surface area (Å²) in [5.41, 5.74) is 5.29. The van der Waals surface area contributed by atoms with E-state index in [-0.39, 0.29) is 35.7 Å². The number of nitrogens with zero attached hydrogens (tertiary/aromatic N) is 2. The Hall–Kier alpha value is -5.16. The third kappa shape index (κ3) is 9.01. The number of esters is 1. The fraction of sp³-hybridized carbons (Fsp3) is 0.297. The smallest absolute Gasteiger partial charge is 0.337 e. The number of piperidine rings is 2. The molecule has 9 nitrogen and oxygen atoms in total. The van der Waals surface area contributed by atoms with Crippen molar-refractivity contribution in [3.8, 4) is 11.5 Å². The number of hydrogen-bond donors (Lipinski definition) is 2. The quantitative estimate of drug-likeness (QED) is 0.101. The van der Waals surface area contributed by atoms with Crippen LogP contribution in [-0.2, 0) is 4.74 Å². The molecule has 6 rings (SSSR count). The first-order chi connectivity index (χ1) is 23.3. The second-order valence-electron chi connectivity index (χ2n) is 11.5. The van der Waals surface area contributed by atoms with Gasteiger partial charge in [0.2, 0.25) is 0 Å². The molecule has 0 radical (unpaired) electrons.